The molecular formula is C63H123N2O6P. The summed E-state index contributed by atoms with van der Waals surface area (Å²) in [6.45, 7) is 4.60. The molecule has 0 heterocycles. The molecule has 0 rings (SSSR count). The van der Waals surface area contributed by atoms with Crippen LogP contribution in [-0.4, -0.2) is 68.5 Å². The Bertz CT molecular complexity index is 1270. The van der Waals surface area contributed by atoms with E-state index < -0.39 is 26.6 Å². The van der Waals surface area contributed by atoms with Gasteiger partial charge in [-0.25, -0.2) is 0 Å². The molecule has 0 saturated heterocycles. The number of hydrogen-bond donors (Lipinski definition) is 2. The van der Waals surface area contributed by atoms with Gasteiger partial charge in [-0.15, -0.1) is 0 Å². The first kappa shape index (κ1) is 70.7. The minimum Gasteiger partial charge on any atom is -0.756 e. The van der Waals surface area contributed by atoms with Gasteiger partial charge in [0.15, 0.2) is 0 Å². The standard InChI is InChI=1S/C63H123N2O6P/c1-6-8-10-12-14-16-18-20-21-22-23-24-25-26-27-28-29-30-31-32-33-34-35-36-37-38-39-40-41-42-43-44-45-47-49-51-53-55-57-63(67)64-61(60-71-72(68,69)70-59-58-65(3,4)5)62(66)56-54-52-50-48-46-19-17-15-13-11-9-7-2/h13,15,46,48,54,56,61-62,66H,6-12,14,16-45,47,49-53,55,57-60H2,1-5H3,(H-,64,67,68,69)/b15-13+,48-46+,56-54+. The van der Waals surface area contributed by atoms with Crippen LogP contribution >= 0.6 is 7.82 Å². The molecule has 426 valence electrons. The molecular weight excluding hydrogens is 912 g/mol. The Hall–Kier alpha value is -1.28. The molecule has 72 heavy (non-hydrogen) atoms. The van der Waals surface area contributed by atoms with Crippen molar-refractivity contribution in [3.8, 4) is 0 Å². The number of nitrogens with one attached hydrogen (secondary N) is 1. The maximum absolute atomic E-state index is 12.9. The minimum absolute atomic E-state index is 0.00773. The van der Waals surface area contributed by atoms with Crippen LogP contribution in [0.1, 0.15) is 309 Å². The highest BCUT2D eigenvalue weighted by atomic mass is 31.2. The third-order valence-corrected chi connectivity index (χ3v) is 15.3. The van der Waals surface area contributed by atoms with Crippen molar-refractivity contribution in [3.63, 3.8) is 0 Å². The summed E-state index contributed by atoms with van der Waals surface area (Å²) in [7, 11) is 1.24. The van der Waals surface area contributed by atoms with Gasteiger partial charge < -0.3 is 28.8 Å². The number of carbonyl (C=O) groups is 1. The molecule has 2 N–H and O–H groups in total. The molecule has 0 aliphatic carbocycles. The van der Waals surface area contributed by atoms with E-state index in [1.54, 1.807) is 6.08 Å². The summed E-state index contributed by atoms with van der Waals surface area (Å²) in [5.74, 6) is -0.208. The lowest BCUT2D eigenvalue weighted by atomic mass is 10.0. The summed E-state index contributed by atoms with van der Waals surface area (Å²) in [4.78, 5) is 25.4. The Kier molecular flexibility index (Phi) is 53.5. The van der Waals surface area contributed by atoms with E-state index in [1.165, 1.54) is 238 Å². The first-order valence-electron chi connectivity index (χ1n) is 31.4. The molecule has 8 nitrogen and oxygen atoms in total. The number of phosphoric ester groups is 1. The van der Waals surface area contributed by atoms with Gasteiger partial charge in [-0.2, -0.15) is 0 Å². The van der Waals surface area contributed by atoms with Gasteiger partial charge in [-0.3, -0.25) is 9.36 Å². The lowest BCUT2D eigenvalue weighted by Crippen LogP contribution is -2.45. The van der Waals surface area contributed by atoms with Crippen molar-refractivity contribution in [2.24, 2.45) is 0 Å². The van der Waals surface area contributed by atoms with E-state index in [-0.39, 0.29) is 12.5 Å². The van der Waals surface area contributed by atoms with Crippen molar-refractivity contribution in [2.75, 3.05) is 40.9 Å². The second kappa shape index (κ2) is 54.5. The second-order valence-corrected chi connectivity index (χ2v) is 24.2. The number of allylic oxidation sites excluding steroid dienone is 5. The van der Waals surface area contributed by atoms with Crippen LogP contribution in [0.5, 0.6) is 0 Å². The monoisotopic (exact) mass is 1030 g/mol. The van der Waals surface area contributed by atoms with E-state index >= 15 is 0 Å². The number of aliphatic hydroxyl groups excluding tert-OH is 1. The Morgan fingerprint density at radius 1 is 0.472 bits per heavy atom. The number of unbranched alkanes of at least 4 members (excludes halogenated alkanes) is 41. The molecule has 0 spiro atoms. The summed E-state index contributed by atoms with van der Waals surface area (Å²) in [6, 6.07) is -0.907. The fourth-order valence-electron chi connectivity index (χ4n) is 9.41. The highest BCUT2D eigenvalue weighted by molar-refractivity contribution is 7.45. The number of amides is 1. The molecule has 1 amide bonds. The number of carbonyl (C=O) groups excluding carboxylic acids is 1. The lowest BCUT2D eigenvalue weighted by molar-refractivity contribution is -0.870. The first-order valence-corrected chi connectivity index (χ1v) is 32.8. The van der Waals surface area contributed by atoms with E-state index in [9.17, 15) is 19.4 Å². The average Bonchev–Trinajstić information content (AvgIpc) is 3.34. The Morgan fingerprint density at radius 2 is 0.778 bits per heavy atom. The predicted molar refractivity (Wildman–Crippen MR) is 311 cm³/mol. The Morgan fingerprint density at radius 3 is 1.11 bits per heavy atom. The molecule has 0 aromatic rings. The molecule has 3 atom stereocenters. The molecule has 0 fully saturated rings. The van der Waals surface area contributed by atoms with Crippen molar-refractivity contribution in [2.45, 2.75) is 321 Å². The van der Waals surface area contributed by atoms with E-state index in [0.29, 0.717) is 17.4 Å². The Labute approximate surface area is 448 Å². The van der Waals surface area contributed by atoms with Gasteiger partial charge >= 0.3 is 0 Å². The van der Waals surface area contributed by atoms with Crippen LogP contribution in [0.15, 0.2) is 36.5 Å². The number of likely N-dealkylation sites (N-methyl/N-ethyl adjacent to an activating group) is 1. The molecule has 0 bridgehead atoms. The van der Waals surface area contributed by atoms with Crippen LogP contribution in [-0.2, 0) is 18.4 Å². The van der Waals surface area contributed by atoms with Crippen molar-refractivity contribution >= 4 is 13.7 Å². The quantitative estimate of drug-likeness (QED) is 0.0272. The van der Waals surface area contributed by atoms with Gasteiger partial charge in [0.2, 0.25) is 5.91 Å². The molecule has 0 saturated carbocycles. The zero-order chi connectivity index (χ0) is 52.7. The van der Waals surface area contributed by atoms with Gasteiger partial charge in [-0.05, 0) is 38.5 Å². The third kappa shape index (κ3) is 56.4. The van der Waals surface area contributed by atoms with E-state index in [1.807, 2.05) is 27.2 Å². The summed E-state index contributed by atoms with van der Waals surface area (Å²) in [5.41, 5.74) is 0. The SMILES string of the molecule is CCCC/C=C/CC/C=C/CC/C=C/C(O)C(COP(=O)([O-])OCC[N+](C)(C)C)NC(=O)CCCCCCCCCCCCCCCCCCCCCCCCCCCCCCCCCCCCCCCC. The van der Waals surface area contributed by atoms with Gasteiger partial charge in [-0.1, -0.05) is 301 Å². The average molecular weight is 1040 g/mol. The predicted octanol–water partition coefficient (Wildman–Crippen LogP) is 18.7. The van der Waals surface area contributed by atoms with Crippen molar-refractivity contribution in [1.29, 1.82) is 0 Å². The molecule has 0 aromatic carbocycles. The van der Waals surface area contributed by atoms with Crippen LogP contribution in [0, 0.1) is 0 Å². The van der Waals surface area contributed by atoms with Crippen LogP contribution in [0.25, 0.3) is 0 Å². The number of aliphatic hydroxyl groups is 1. The summed E-state index contributed by atoms with van der Waals surface area (Å²) in [6.07, 6.45) is 71.4. The van der Waals surface area contributed by atoms with Crippen molar-refractivity contribution in [3.05, 3.63) is 36.5 Å². The summed E-state index contributed by atoms with van der Waals surface area (Å²) < 4.78 is 23.3. The first-order chi connectivity index (χ1) is 35.0. The number of rotatable bonds is 58. The number of phosphoric acid groups is 1. The highest BCUT2D eigenvalue weighted by Gasteiger charge is 2.23. The van der Waals surface area contributed by atoms with Gasteiger partial charge in [0.05, 0.1) is 39.9 Å². The Balaban J connectivity index is 3.85. The van der Waals surface area contributed by atoms with Crippen LogP contribution in [0.4, 0.5) is 0 Å². The van der Waals surface area contributed by atoms with Crippen LogP contribution < -0.4 is 10.2 Å². The molecule has 0 radical (unpaired) electrons. The fourth-order valence-corrected chi connectivity index (χ4v) is 10.1. The largest absolute Gasteiger partial charge is 0.756 e. The molecule has 9 heteroatoms. The zero-order valence-corrected chi connectivity index (χ0v) is 49.5. The van der Waals surface area contributed by atoms with Gasteiger partial charge in [0.25, 0.3) is 7.82 Å². The second-order valence-electron chi connectivity index (χ2n) is 22.8. The van der Waals surface area contributed by atoms with Gasteiger partial charge in [0, 0.05) is 6.42 Å². The van der Waals surface area contributed by atoms with E-state index in [4.69, 9.17) is 9.05 Å². The minimum atomic E-state index is -4.60. The van der Waals surface area contributed by atoms with Crippen molar-refractivity contribution in [1.82, 2.24) is 5.32 Å². The normalized spacial score (nSPS) is 14.0. The maximum Gasteiger partial charge on any atom is 0.268 e. The maximum atomic E-state index is 12.9. The van der Waals surface area contributed by atoms with Crippen molar-refractivity contribution < 1.29 is 32.9 Å². The summed E-state index contributed by atoms with van der Waals surface area (Å²) >= 11 is 0. The topological polar surface area (TPSA) is 108 Å². The van der Waals surface area contributed by atoms with Gasteiger partial charge in [0.1, 0.15) is 13.2 Å². The highest BCUT2D eigenvalue weighted by Crippen LogP contribution is 2.38. The molecule has 0 aliphatic heterocycles. The van der Waals surface area contributed by atoms with E-state index in [0.717, 1.165) is 51.4 Å². The lowest BCUT2D eigenvalue weighted by Gasteiger charge is -2.29. The third-order valence-electron chi connectivity index (χ3n) is 14.3. The number of quaternary nitrogens is 1. The number of nitrogens with zero attached hydrogens (tertiary/aromatic N) is 1. The summed E-state index contributed by atoms with van der Waals surface area (Å²) in [5, 5.41) is 13.8. The molecule has 0 aromatic heterocycles. The fraction of sp³-hybridized carbons (Fsp3) is 0.889. The van der Waals surface area contributed by atoms with Crippen LogP contribution in [0.2, 0.25) is 0 Å². The number of hydrogen-bond acceptors (Lipinski definition) is 6. The molecule has 3 unspecified atom stereocenters. The van der Waals surface area contributed by atoms with E-state index in [2.05, 4.69) is 43.5 Å². The van der Waals surface area contributed by atoms with Crippen LogP contribution in [0.3, 0.4) is 0 Å². The molecule has 0 aliphatic rings. The smallest absolute Gasteiger partial charge is 0.268 e. The zero-order valence-electron chi connectivity index (χ0n) is 48.6.